The van der Waals surface area contributed by atoms with Crippen molar-refractivity contribution in [1.29, 1.82) is 0 Å². The van der Waals surface area contributed by atoms with Crippen molar-refractivity contribution in [2.75, 3.05) is 0 Å². The summed E-state index contributed by atoms with van der Waals surface area (Å²) in [6, 6.07) is 0. The average molecular weight is 198 g/mol. The van der Waals surface area contributed by atoms with E-state index in [4.69, 9.17) is 16.8 Å². The van der Waals surface area contributed by atoms with Gasteiger partial charge >= 0.3 is 0 Å². The molecule has 0 spiro atoms. The Hall–Kier alpha value is -0.500. The van der Waals surface area contributed by atoms with Gasteiger partial charge in [0, 0.05) is 5.92 Å². The summed E-state index contributed by atoms with van der Waals surface area (Å²) in [7, 11) is 0. The largest absolute Gasteiger partial charge is 0.411 e. The molecular formula is C10H12ClNO. The standard InChI is InChI=1S/C10H12ClNO/c11-9-7-4-8(10(9)12-13)6-3-1-2-5(6)7/h1,3,5-9,13H,2,4H2. The summed E-state index contributed by atoms with van der Waals surface area (Å²) in [6.45, 7) is 0. The van der Waals surface area contributed by atoms with Crippen LogP contribution in [0.15, 0.2) is 17.3 Å². The molecule has 13 heavy (non-hydrogen) atoms. The highest BCUT2D eigenvalue weighted by Gasteiger charge is 2.56. The Balaban J connectivity index is 1.99. The first kappa shape index (κ1) is 7.86. The highest BCUT2D eigenvalue weighted by molar-refractivity contribution is 6.33. The molecule has 3 rings (SSSR count). The van der Waals surface area contributed by atoms with Gasteiger partial charge in [0.25, 0.3) is 0 Å². The van der Waals surface area contributed by atoms with Crippen LogP contribution in [-0.4, -0.2) is 16.3 Å². The highest BCUT2D eigenvalue weighted by atomic mass is 35.5. The Kier molecular flexibility index (Phi) is 1.51. The van der Waals surface area contributed by atoms with Gasteiger partial charge in [-0.1, -0.05) is 17.3 Å². The lowest BCUT2D eigenvalue weighted by Crippen LogP contribution is -2.33. The van der Waals surface area contributed by atoms with Crippen LogP contribution in [0.4, 0.5) is 0 Å². The molecule has 3 aliphatic rings. The van der Waals surface area contributed by atoms with Crippen LogP contribution in [-0.2, 0) is 0 Å². The topological polar surface area (TPSA) is 32.6 Å². The van der Waals surface area contributed by atoms with Crippen molar-refractivity contribution in [3.05, 3.63) is 12.2 Å². The molecule has 0 radical (unpaired) electrons. The molecule has 2 nitrogen and oxygen atoms in total. The number of rotatable bonds is 0. The van der Waals surface area contributed by atoms with Gasteiger partial charge < -0.3 is 5.21 Å². The quantitative estimate of drug-likeness (QED) is 0.275. The van der Waals surface area contributed by atoms with Crippen LogP contribution in [0.2, 0.25) is 0 Å². The van der Waals surface area contributed by atoms with Gasteiger partial charge in [-0.15, -0.1) is 11.6 Å². The third kappa shape index (κ3) is 0.824. The van der Waals surface area contributed by atoms with E-state index in [1.807, 2.05) is 0 Å². The van der Waals surface area contributed by atoms with Crippen LogP contribution < -0.4 is 0 Å². The first-order chi connectivity index (χ1) is 6.33. The van der Waals surface area contributed by atoms with Crippen LogP contribution in [0.5, 0.6) is 0 Å². The summed E-state index contributed by atoms with van der Waals surface area (Å²) >= 11 is 6.22. The van der Waals surface area contributed by atoms with E-state index in [0.717, 1.165) is 18.1 Å². The Bertz CT molecular complexity index is 299. The normalized spacial score (nSPS) is 54.8. The summed E-state index contributed by atoms with van der Waals surface area (Å²) in [5.74, 6) is 2.34. The van der Waals surface area contributed by atoms with Crippen molar-refractivity contribution in [2.45, 2.75) is 18.2 Å². The fourth-order valence-corrected chi connectivity index (χ4v) is 3.91. The van der Waals surface area contributed by atoms with Crippen molar-refractivity contribution in [1.82, 2.24) is 0 Å². The average Bonchev–Trinajstić information content (AvgIpc) is 2.71. The minimum absolute atomic E-state index is 0.00356. The van der Waals surface area contributed by atoms with E-state index in [1.54, 1.807) is 0 Å². The van der Waals surface area contributed by atoms with Crippen molar-refractivity contribution < 1.29 is 5.21 Å². The number of oxime groups is 1. The molecule has 3 heteroatoms. The number of hydrogen-bond donors (Lipinski definition) is 1. The van der Waals surface area contributed by atoms with Crippen molar-refractivity contribution in [2.24, 2.45) is 28.8 Å². The molecule has 2 bridgehead atoms. The van der Waals surface area contributed by atoms with Crippen LogP contribution in [0, 0.1) is 23.7 Å². The summed E-state index contributed by atoms with van der Waals surface area (Å²) in [5.41, 5.74) is 0.833. The van der Waals surface area contributed by atoms with Gasteiger partial charge in [-0.3, -0.25) is 0 Å². The number of hydrogen-bond acceptors (Lipinski definition) is 2. The molecule has 0 aliphatic heterocycles. The van der Waals surface area contributed by atoms with Crippen molar-refractivity contribution in [3.8, 4) is 0 Å². The van der Waals surface area contributed by atoms with Crippen LogP contribution in [0.3, 0.4) is 0 Å². The second-order valence-corrected chi connectivity index (χ2v) is 4.81. The molecule has 0 aromatic heterocycles. The van der Waals surface area contributed by atoms with Gasteiger partial charge in [0.2, 0.25) is 0 Å². The summed E-state index contributed by atoms with van der Waals surface area (Å²) in [4.78, 5) is 0. The van der Waals surface area contributed by atoms with Crippen LogP contribution in [0.25, 0.3) is 0 Å². The van der Waals surface area contributed by atoms with E-state index in [2.05, 4.69) is 17.3 Å². The Labute approximate surface area is 82.3 Å². The zero-order valence-electron chi connectivity index (χ0n) is 7.23. The van der Waals surface area contributed by atoms with Gasteiger partial charge in [-0.2, -0.15) is 0 Å². The number of allylic oxidation sites excluding steroid dienone is 2. The first-order valence-electron chi connectivity index (χ1n) is 4.85. The minimum atomic E-state index is -0.00356. The molecular weight excluding hydrogens is 186 g/mol. The van der Waals surface area contributed by atoms with Gasteiger partial charge in [-0.25, -0.2) is 0 Å². The smallest absolute Gasteiger partial charge is 0.0788 e. The lowest BCUT2D eigenvalue weighted by Gasteiger charge is -2.28. The molecule has 0 saturated heterocycles. The fraction of sp³-hybridized carbons (Fsp3) is 0.700. The van der Waals surface area contributed by atoms with E-state index < -0.39 is 0 Å². The first-order valence-corrected chi connectivity index (χ1v) is 5.29. The predicted octanol–water partition coefficient (Wildman–Crippen LogP) is 2.27. The van der Waals surface area contributed by atoms with E-state index in [0.29, 0.717) is 17.8 Å². The SMILES string of the molecule is ON=C1C(Cl)C2CC1C1C=CCC12. The summed E-state index contributed by atoms with van der Waals surface area (Å²) in [6.07, 6.45) is 6.84. The van der Waals surface area contributed by atoms with Gasteiger partial charge in [0.15, 0.2) is 0 Å². The number of halogens is 1. The van der Waals surface area contributed by atoms with Crippen molar-refractivity contribution >= 4 is 17.3 Å². The Morgan fingerprint density at radius 2 is 2.31 bits per heavy atom. The van der Waals surface area contributed by atoms with Crippen LogP contribution in [0.1, 0.15) is 12.8 Å². The molecule has 3 aliphatic carbocycles. The molecule has 5 atom stereocenters. The molecule has 70 valence electrons. The van der Waals surface area contributed by atoms with Crippen LogP contribution >= 0.6 is 11.6 Å². The summed E-state index contributed by atoms with van der Waals surface area (Å²) < 4.78 is 0. The van der Waals surface area contributed by atoms with E-state index in [9.17, 15) is 0 Å². The molecule has 1 N–H and O–H groups in total. The van der Waals surface area contributed by atoms with E-state index in [-0.39, 0.29) is 5.38 Å². The zero-order chi connectivity index (χ0) is 9.00. The maximum Gasteiger partial charge on any atom is 0.0788 e. The molecule has 5 unspecified atom stereocenters. The van der Waals surface area contributed by atoms with E-state index >= 15 is 0 Å². The highest BCUT2D eigenvalue weighted by Crippen LogP contribution is 2.56. The summed E-state index contributed by atoms with van der Waals surface area (Å²) in [5, 5.41) is 12.2. The Morgan fingerprint density at radius 1 is 1.46 bits per heavy atom. The lowest BCUT2D eigenvalue weighted by molar-refractivity contribution is 0.301. The maximum atomic E-state index is 8.86. The van der Waals surface area contributed by atoms with Gasteiger partial charge in [0.1, 0.15) is 0 Å². The van der Waals surface area contributed by atoms with Gasteiger partial charge in [-0.05, 0) is 30.6 Å². The molecule has 0 aromatic rings. The maximum absolute atomic E-state index is 8.86. The molecule has 0 heterocycles. The van der Waals surface area contributed by atoms with Gasteiger partial charge in [0.05, 0.1) is 11.1 Å². The second kappa shape index (κ2) is 2.50. The molecule has 2 saturated carbocycles. The molecule has 2 fully saturated rings. The zero-order valence-corrected chi connectivity index (χ0v) is 7.98. The third-order valence-corrected chi connectivity index (χ3v) is 4.50. The second-order valence-electron chi connectivity index (χ2n) is 4.34. The monoisotopic (exact) mass is 197 g/mol. The minimum Gasteiger partial charge on any atom is -0.411 e. The predicted molar refractivity (Wildman–Crippen MR) is 51.2 cm³/mol. The third-order valence-electron chi connectivity index (χ3n) is 3.96. The number of alkyl halides is 1. The lowest BCUT2D eigenvalue weighted by atomic mass is 9.80. The van der Waals surface area contributed by atoms with E-state index in [1.165, 1.54) is 6.42 Å². The molecule has 0 amide bonds. The molecule has 0 aromatic carbocycles. The Morgan fingerprint density at radius 3 is 3.08 bits per heavy atom. The van der Waals surface area contributed by atoms with Crippen molar-refractivity contribution in [3.63, 3.8) is 0 Å². The fourth-order valence-electron chi connectivity index (χ4n) is 3.42. The number of nitrogens with zero attached hydrogens (tertiary/aromatic N) is 1. The number of fused-ring (bicyclic) bond motifs is 5.